The van der Waals surface area contributed by atoms with Crippen LogP contribution in [0.3, 0.4) is 0 Å². The highest BCUT2D eigenvalue weighted by Gasteiger charge is 2.20. The number of anilines is 1. The van der Waals surface area contributed by atoms with Crippen molar-refractivity contribution in [2.24, 2.45) is 0 Å². The molecule has 1 amide bonds. The number of aromatic nitrogens is 2. The van der Waals surface area contributed by atoms with Crippen LogP contribution in [0.15, 0.2) is 73.1 Å². The maximum atomic E-state index is 13.2. The van der Waals surface area contributed by atoms with Crippen LogP contribution in [0.4, 0.5) is 5.13 Å². The van der Waals surface area contributed by atoms with Crippen molar-refractivity contribution in [2.45, 2.75) is 26.3 Å². The topological polar surface area (TPSA) is 46.1 Å². The average molecular weight is 388 g/mol. The van der Waals surface area contributed by atoms with Gasteiger partial charge in [0.15, 0.2) is 5.13 Å². The molecule has 2 aromatic heterocycles. The lowest BCUT2D eigenvalue weighted by Crippen LogP contribution is -2.31. The minimum absolute atomic E-state index is 0.0322. The van der Waals surface area contributed by atoms with Crippen LogP contribution >= 0.6 is 11.3 Å². The number of aryl methyl sites for hydroxylation is 1. The average Bonchev–Trinajstić information content (AvgIpc) is 3.16. The molecule has 0 N–H and O–H groups in total. The monoisotopic (exact) mass is 387 g/mol. The summed E-state index contributed by atoms with van der Waals surface area (Å²) < 4.78 is 1.11. The van der Waals surface area contributed by atoms with E-state index in [4.69, 9.17) is 4.98 Å². The number of nitrogens with zero attached hydrogens (tertiary/aromatic N) is 3. The van der Waals surface area contributed by atoms with E-state index in [-0.39, 0.29) is 5.91 Å². The standard InChI is InChI=1S/C23H21N3OS/c1-2-17-10-11-20-21(13-17)28-23(25-20)26(16-19-9-6-12-24-15-19)22(27)14-18-7-4-3-5-8-18/h3-13,15H,2,14,16H2,1H3. The summed E-state index contributed by atoms with van der Waals surface area (Å²) in [4.78, 5) is 23.9. The predicted octanol–water partition coefficient (Wildman–Crippen LogP) is 5.03. The Balaban J connectivity index is 1.68. The van der Waals surface area contributed by atoms with Crippen LogP contribution in [0.2, 0.25) is 0 Å². The number of fused-ring (bicyclic) bond motifs is 1. The van der Waals surface area contributed by atoms with Gasteiger partial charge in [-0.3, -0.25) is 14.7 Å². The van der Waals surface area contributed by atoms with E-state index in [0.29, 0.717) is 13.0 Å². The molecule has 0 fully saturated rings. The molecule has 0 aliphatic carbocycles. The zero-order valence-corrected chi connectivity index (χ0v) is 16.5. The first kappa shape index (κ1) is 18.3. The summed E-state index contributed by atoms with van der Waals surface area (Å²) >= 11 is 1.57. The lowest BCUT2D eigenvalue weighted by Gasteiger charge is -2.20. The van der Waals surface area contributed by atoms with Crippen LogP contribution in [0.25, 0.3) is 10.2 Å². The Morgan fingerprint density at radius 3 is 2.57 bits per heavy atom. The van der Waals surface area contributed by atoms with Gasteiger partial charge in [0, 0.05) is 12.4 Å². The normalized spacial score (nSPS) is 10.9. The molecule has 2 aromatic carbocycles. The molecule has 0 atom stereocenters. The molecule has 0 saturated carbocycles. The van der Waals surface area contributed by atoms with Gasteiger partial charge < -0.3 is 0 Å². The maximum Gasteiger partial charge on any atom is 0.233 e. The summed E-state index contributed by atoms with van der Waals surface area (Å²) in [6.07, 6.45) is 4.86. The Morgan fingerprint density at radius 2 is 1.82 bits per heavy atom. The molecular weight excluding hydrogens is 366 g/mol. The van der Waals surface area contributed by atoms with E-state index < -0.39 is 0 Å². The van der Waals surface area contributed by atoms with Gasteiger partial charge in [0.1, 0.15) is 0 Å². The van der Waals surface area contributed by atoms with Crippen LogP contribution in [-0.4, -0.2) is 15.9 Å². The number of carbonyl (C=O) groups excluding carboxylic acids is 1. The van der Waals surface area contributed by atoms with Crippen molar-refractivity contribution in [2.75, 3.05) is 4.90 Å². The lowest BCUT2D eigenvalue weighted by atomic mass is 10.1. The molecule has 4 aromatic rings. The van der Waals surface area contributed by atoms with Gasteiger partial charge in [0.05, 0.1) is 23.2 Å². The molecule has 140 valence electrons. The number of amides is 1. The van der Waals surface area contributed by atoms with Gasteiger partial charge in [-0.15, -0.1) is 0 Å². The van der Waals surface area contributed by atoms with Crippen LogP contribution in [-0.2, 0) is 24.2 Å². The van der Waals surface area contributed by atoms with E-state index in [2.05, 4.69) is 24.0 Å². The second kappa shape index (κ2) is 8.31. The molecule has 2 heterocycles. The Bertz CT molecular complexity index is 1080. The van der Waals surface area contributed by atoms with Gasteiger partial charge in [0.2, 0.25) is 5.91 Å². The number of benzene rings is 2. The van der Waals surface area contributed by atoms with Gasteiger partial charge in [-0.05, 0) is 41.3 Å². The Kier molecular flexibility index (Phi) is 5.44. The first-order valence-corrected chi connectivity index (χ1v) is 10.2. The molecule has 0 unspecified atom stereocenters. The van der Waals surface area contributed by atoms with E-state index in [1.54, 1.807) is 28.6 Å². The van der Waals surface area contributed by atoms with Crippen LogP contribution < -0.4 is 4.90 Å². The highest BCUT2D eigenvalue weighted by atomic mass is 32.1. The predicted molar refractivity (Wildman–Crippen MR) is 115 cm³/mol. The molecule has 4 rings (SSSR count). The SMILES string of the molecule is CCc1ccc2nc(N(Cc3cccnc3)C(=O)Cc3ccccc3)sc2c1. The second-order valence-corrected chi connectivity index (χ2v) is 7.66. The fourth-order valence-corrected chi connectivity index (χ4v) is 4.14. The van der Waals surface area contributed by atoms with E-state index >= 15 is 0 Å². The van der Waals surface area contributed by atoms with Gasteiger partial charge in [-0.25, -0.2) is 4.98 Å². The molecule has 0 radical (unpaired) electrons. The summed E-state index contributed by atoms with van der Waals surface area (Å²) in [5, 5.41) is 0.730. The smallest absolute Gasteiger partial charge is 0.233 e. The Hall–Kier alpha value is -3.05. The molecule has 0 spiro atoms. The highest BCUT2D eigenvalue weighted by Crippen LogP contribution is 2.31. The van der Waals surface area contributed by atoms with E-state index in [1.807, 2.05) is 48.5 Å². The third-order valence-electron chi connectivity index (χ3n) is 4.64. The summed E-state index contributed by atoms with van der Waals surface area (Å²) in [7, 11) is 0. The quantitative estimate of drug-likeness (QED) is 0.466. The summed E-state index contributed by atoms with van der Waals surface area (Å²) in [5.74, 6) is 0.0322. The van der Waals surface area contributed by atoms with Crippen molar-refractivity contribution in [1.29, 1.82) is 0 Å². The number of thiazole rings is 1. The number of rotatable bonds is 6. The van der Waals surface area contributed by atoms with Gasteiger partial charge in [-0.1, -0.05) is 60.7 Å². The molecule has 0 saturated heterocycles. The van der Waals surface area contributed by atoms with Crippen LogP contribution in [0, 0.1) is 0 Å². The maximum absolute atomic E-state index is 13.2. The van der Waals surface area contributed by atoms with Gasteiger partial charge >= 0.3 is 0 Å². The zero-order valence-electron chi connectivity index (χ0n) is 15.7. The molecule has 0 bridgehead atoms. The highest BCUT2D eigenvalue weighted by molar-refractivity contribution is 7.22. The fourth-order valence-electron chi connectivity index (χ4n) is 3.09. The molecule has 0 aliphatic rings. The molecule has 28 heavy (non-hydrogen) atoms. The fraction of sp³-hybridized carbons (Fsp3) is 0.174. The van der Waals surface area contributed by atoms with Gasteiger partial charge in [-0.2, -0.15) is 0 Å². The summed E-state index contributed by atoms with van der Waals surface area (Å²) in [5.41, 5.74) is 4.19. The molecule has 0 aliphatic heterocycles. The van der Waals surface area contributed by atoms with E-state index in [9.17, 15) is 4.79 Å². The third kappa shape index (κ3) is 4.10. The largest absolute Gasteiger partial charge is 0.283 e. The lowest BCUT2D eigenvalue weighted by molar-refractivity contribution is -0.118. The molecular formula is C23H21N3OS. The number of hydrogen-bond donors (Lipinski definition) is 0. The van der Waals surface area contributed by atoms with E-state index in [0.717, 1.165) is 32.9 Å². The van der Waals surface area contributed by atoms with Crippen molar-refractivity contribution < 1.29 is 4.79 Å². The van der Waals surface area contributed by atoms with Gasteiger partial charge in [0.25, 0.3) is 0 Å². The van der Waals surface area contributed by atoms with Crippen molar-refractivity contribution in [3.8, 4) is 0 Å². The van der Waals surface area contributed by atoms with Crippen LogP contribution in [0.5, 0.6) is 0 Å². The van der Waals surface area contributed by atoms with Crippen molar-refractivity contribution in [1.82, 2.24) is 9.97 Å². The van der Waals surface area contributed by atoms with Crippen molar-refractivity contribution in [3.63, 3.8) is 0 Å². The zero-order chi connectivity index (χ0) is 19.3. The minimum Gasteiger partial charge on any atom is -0.283 e. The summed E-state index contributed by atoms with van der Waals surface area (Å²) in [6, 6.07) is 20.0. The van der Waals surface area contributed by atoms with Crippen molar-refractivity contribution in [3.05, 3.63) is 89.7 Å². The number of pyridine rings is 1. The van der Waals surface area contributed by atoms with E-state index in [1.165, 1.54) is 5.56 Å². The first-order valence-electron chi connectivity index (χ1n) is 9.35. The number of hydrogen-bond acceptors (Lipinski definition) is 4. The molecule has 4 nitrogen and oxygen atoms in total. The number of carbonyl (C=O) groups is 1. The minimum atomic E-state index is 0.0322. The summed E-state index contributed by atoms with van der Waals surface area (Å²) in [6.45, 7) is 2.60. The second-order valence-electron chi connectivity index (χ2n) is 6.66. The van der Waals surface area contributed by atoms with Crippen LogP contribution in [0.1, 0.15) is 23.6 Å². The third-order valence-corrected chi connectivity index (χ3v) is 5.68. The van der Waals surface area contributed by atoms with Crippen molar-refractivity contribution >= 4 is 32.6 Å². The Morgan fingerprint density at radius 1 is 1.00 bits per heavy atom. The Labute approximate surface area is 168 Å². The first-order chi connectivity index (χ1) is 13.7. The molecule has 5 heteroatoms.